The summed E-state index contributed by atoms with van der Waals surface area (Å²) in [5.74, 6) is 0.476. The Labute approximate surface area is 151 Å². The number of benzene rings is 2. The van der Waals surface area contributed by atoms with Gasteiger partial charge in [0.25, 0.3) is 0 Å². The molecule has 0 saturated heterocycles. The number of nitrogens with zero attached hydrogens (tertiary/aromatic N) is 4. The summed E-state index contributed by atoms with van der Waals surface area (Å²) in [4.78, 5) is 8.72. The molecule has 0 saturated carbocycles. The van der Waals surface area contributed by atoms with E-state index in [1.165, 1.54) is 28.2 Å². The standard InChI is InChI=1S/C21H21N5/c1-21(2,3)26-20-17(19(22)23-11-24-20)18(25-26)15-10-9-13-8-7-12-5-4-6-14(15)16(12)13/h4-6,9-11H,7-8H2,1-3H3,(H2,22,23,24). The maximum absolute atomic E-state index is 6.26. The van der Waals surface area contributed by atoms with Gasteiger partial charge < -0.3 is 5.73 Å². The number of nitrogen functional groups attached to an aromatic ring is 1. The van der Waals surface area contributed by atoms with Gasteiger partial charge in [0.05, 0.1) is 10.9 Å². The molecule has 1 aliphatic carbocycles. The number of fused-ring (bicyclic) bond motifs is 1. The number of anilines is 1. The fraction of sp³-hybridized carbons (Fsp3) is 0.286. The van der Waals surface area contributed by atoms with Crippen molar-refractivity contribution in [3.8, 4) is 11.3 Å². The van der Waals surface area contributed by atoms with Gasteiger partial charge in [0.1, 0.15) is 17.8 Å². The number of nitrogens with two attached hydrogens (primary N) is 1. The predicted molar refractivity (Wildman–Crippen MR) is 105 cm³/mol. The van der Waals surface area contributed by atoms with E-state index < -0.39 is 0 Å². The zero-order chi connectivity index (χ0) is 18.1. The van der Waals surface area contributed by atoms with E-state index in [9.17, 15) is 0 Å². The molecule has 0 fully saturated rings. The molecule has 5 nitrogen and oxygen atoms in total. The van der Waals surface area contributed by atoms with E-state index in [4.69, 9.17) is 10.8 Å². The third kappa shape index (κ3) is 2.00. The second-order valence-corrected chi connectivity index (χ2v) is 8.00. The molecule has 0 spiro atoms. The zero-order valence-electron chi connectivity index (χ0n) is 15.2. The predicted octanol–water partition coefficient (Wildman–Crippen LogP) is 4.08. The Morgan fingerprint density at radius 3 is 2.50 bits per heavy atom. The average molecular weight is 343 g/mol. The Kier molecular flexibility index (Phi) is 2.97. The molecule has 0 atom stereocenters. The van der Waals surface area contributed by atoms with Crippen molar-refractivity contribution in [2.75, 3.05) is 5.73 Å². The van der Waals surface area contributed by atoms with Crippen molar-refractivity contribution < 1.29 is 0 Å². The lowest BCUT2D eigenvalue weighted by molar-refractivity contribution is 0.367. The summed E-state index contributed by atoms with van der Waals surface area (Å²) in [6.07, 6.45) is 3.73. The summed E-state index contributed by atoms with van der Waals surface area (Å²) in [5, 5.41) is 8.40. The van der Waals surface area contributed by atoms with Crippen LogP contribution in [0.25, 0.3) is 33.1 Å². The zero-order valence-corrected chi connectivity index (χ0v) is 15.2. The highest BCUT2D eigenvalue weighted by molar-refractivity contribution is 6.07. The normalized spacial score (nSPS) is 13.8. The molecule has 5 rings (SSSR count). The number of hydrogen-bond acceptors (Lipinski definition) is 4. The molecule has 0 amide bonds. The highest BCUT2D eigenvalue weighted by atomic mass is 15.3. The SMILES string of the molecule is CC(C)(C)n1nc(-c2ccc3c4c(cccc24)CC3)c2c(N)ncnc21. The number of hydrogen-bond donors (Lipinski definition) is 1. The minimum Gasteiger partial charge on any atom is -0.383 e. The molecule has 0 radical (unpaired) electrons. The van der Waals surface area contributed by atoms with Crippen molar-refractivity contribution in [2.24, 2.45) is 0 Å². The topological polar surface area (TPSA) is 69.6 Å². The summed E-state index contributed by atoms with van der Waals surface area (Å²) < 4.78 is 1.96. The van der Waals surface area contributed by atoms with Crippen LogP contribution in [0.4, 0.5) is 5.82 Å². The second kappa shape index (κ2) is 5.04. The summed E-state index contributed by atoms with van der Waals surface area (Å²) in [6.45, 7) is 6.36. The first-order valence-corrected chi connectivity index (χ1v) is 8.98. The van der Waals surface area contributed by atoms with Gasteiger partial charge >= 0.3 is 0 Å². The van der Waals surface area contributed by atoms with Gasteiger partial charge in [0.15, 0.2) is 5.65 Å². The third-order valence-electron chi connectivity index (χ3n) is 5.26. The van der Waals surface area contributed by atoms with Gasteiger partial charge in [-0.25, -0.2) is 14.6 Å². The van der Waals surface area contributed by atoms with Gasteiger partial charge in [-0.05, 0) is 55.5 Å². The summed E-state index contributed by atoms with van der Waals surface area (Å²) in [5.41, 5.74) is 11.6. The van der Waals surface area contributed by atoms with Crippen LogP contribution >= 0.6 is 0 Å². The van der Waals surface area contributed by atoms with Crippen LogP contribution in [0.5, 0.6) is 0 Å². The van der Waals surface area contributed by atoms with Crippen LogP contribution in [-0.2, 0) is 18.4 Å². The molecule has 0 unspecified atom stereocenters. The van der Waals surface area contributed by atoms with Crippen molar-refractivity contribution in [2.45, 2.75) is 39.2 Å². The van der Waals surface area contributed by atoms with E-state index in [2.05, 4.69) is 61.1 Å². The minimum absolute atomic E-state index is 0.202. The molecule has 5 heteroatoms. The van der Waals surface area contributed by atoms with E-state index in [-0.39, 0.29) is 5.54 Å². The molecule has 0 bridgehead atoms. The van der Waals surface area contributed by atoms with Crippen molar-refractivity contribution in [1.82, 2.24) is 19.7 Å². The molecular weight excluding hydrogens is 322 g/mol. The molecule has 2 heterocycles. The van der Waals surface area contributed by atoms with Gasteiger partial charge in [-0.2, -0.15) is 5.10 Å². The van der Waals surface area contributed by atoms with E-state index >= 15 is 0 Å². The smallest absolute Gasteiger partial charge is 0.164 e. The van der Waals surface area contributed by atoms with Gasteiger partial charge in [0.2, 0.25) is 0 Å². The summed E-state index contributed by atoms with van der Waals surface area (Å²) in [7, 11) is 0. The van der Waals surface area contributed by atoms with Gasteiger partial charge in [-0.3, -0.25) is 0 Å². The Bertz CT molecular complexity index is 1170. The second-order valence-electron chi connectivity index (χ2n) is 8.00. The van der Waals surface area contributed by atoms with E-state index in [0.29, 0.717) is 5.82 Å². The van der Waals surface area contributed by atoms with Gasteiger partial charge in [0, 0.05) is 5.56 Å². The average Bonchev–Trinajstić information content (AvgIpc) is 3.19. The largest absolute Gasteiger partial charge is 0.383 e. The first kappa shape index (κ1) is 15.3. The van der Waals surface area contributed by atoms with Crippen molar-refractivity contribution in [1.29, 1.82) is 0 Å². The quantitative estimate of drug-likeness (QED) is 0.565. The molecule has 2 N–H and O–H groups in total. The lowest BCUT2D eigenvalue weighted by Gasteiger charge is -2.19. The van der Waals surface area contributed by atoms with Gasteiger partial charge in [-0.15, -0.1) is 0 Å². The highest BCUT2D eigenvalue weighted by Gasteiger charge is 2.25. The molecular formula is C21H21N5. The van der Waals surface area contributed by atoms with E-state index in [1.54, 1.807) is 0 Å². The lowest BCUT2D eigenvalue weighted by atomic mass is 9.97. The minimum atomic E-state index is -0.202. The lowest BCUT2D eigenvalue weighted by Crippen LogP contribution is -2.23. The molecule has 4 aromatic rings. The molecule has 0 aliphatic heterocycles. The monoisotopic (exact) mass is 343 g/mol. The highest BCUT2D eigenvalue weighted by Crippen LogP contribution is 2.40. The number of rotatable bonds is 1. The van der Waals surface area contributed by atoms with Crippen LogP contribution < -0.4 is 5.73 Å². The summed E-state index contributed by atoms with van der Waals surface area (Å²) in [6, 6.07) is 11.0. The Morgan fingerprint density at radius 2 is 1.73 bits per heavy atom. The van der Waals surface area contributed by atoms with Crippen molar-refractivity contribution in [3.63, 3.8) is 0 Å². The van der Waals surface area contributed by atoms with Crippen LogP contribution in [-0.4, -0.2) is 19.7 Å². The molecule has 130 valence electrons. The molecule has 1 aliphatic rings. The number of aromatic nitrogens is 4. The van der Waals surface area contributed by atoms with E-state index in [1.807, 2.05) is 4.68 Å². The fourth-order valence-corrected chi connectivity index (χ4v) is 4.08. The van der Waals surface area contributed by atoms with Crippen molar-refractivity contribution in [3.05, 3.63) is 47.8 Å². The van der Waals surface area contributed by atoms with Crippen LogP contribution in [0.1, 0.15) is 31.9 Å². The van der Waals surface area contributed by atoms with Crippen LogP contribution in [0.15, 0.2) is 36.7 Å². The van der Waals surface area contributed by atoms with E-state index in [0.717, 1.165) is 35.1 Å². The van der Waals surface area contributed by atoms with Crippen molar-refractivity contribution >= 4 is 27.6 Å². The van der Waals surface area contributed by atoms with Crippen LogP contribution in [0.3, 0.4) is 0 Å². The van der Waals surface area contributed by atoms with Crippen LogP contribution in [0, 0.1) is 0 Å². The third-order valence-corrected chi connectivity index (χ3v) is 5.26. The fourth-order valence-electron chi connectivity index (χ4n) is 4.08. The number of aryl methyl sites for hydroxylation is 2. The Balaban J connectivity index is 1.91. The van der Waals surface area contributed by atoms with Crippen LogP contribution in [0.2, 0.25) is 0 Å². The Morgan fingerprint density at radius 1 is 0.962 bits per heavy atom. The Hall–Kier alpha value is -2.95. The maximum Gasteiger partial charge on any atom is 0.164 e. The molecule has 26 heavy (non-hydrogen) atoms. The first-order valence-electron chi connectivity index (χ1n) is 8.98. The molecule has 2 aromatic carbocycles. The molecule has 2 aromatic heterocycles. The van der Waals surface area contributed by atoms with Gasteiger partial charge in [-0.1, -0.05) is 30.3 Å². The summed E-state index contributed by atoms with van der Waals surface area (Å²) >= 11 is 0. The maximum atomic E-state index is 6.26. The first-order chi connectivity index (χ1) is 12.4.